The molecular formula is C19H21N5OS. The van der Waals surface area contributed by atoms with Gasteiger partial charge in [0.1, 0.15) is 12.4 Å². The van der Waals surface area contributed by atoms with Crippen LogP contribution < -0.4 is 5.32 Å². The maximum Gasteiger partial charge on any atom is 0.245 e. The summed E-state index contributed by atoms with van der Waals surface area (Å²) in [7, 11) is 0. The molecule has 6 nitrogen and oxygen atoms in total. The van der Waals surface area contributed by atoms with Crippen molar-refractivity contribution >= 4 is 17.7 Å². The molecule has 0 radical (unpaired) electrons. The van der Waals surface area contributed by atoms with Crippen molar-refractivity contribution in [2.75, 3.05) is 12.3 Å². The summed E-state index contributed by atoms with van der Waals surface area (Å²) in [6, 6.07) is 19.7. The second kappa shape index (κ2) is 9.72. The highest BCUT2D eigenvalue weighted by atomic mass is 32.2. The van der Waals surface area contributed by atoms with Crippen molar-refractivity contribution in [3.8, 4) is 0 Å². The number of carbonyl (C=O) groups excluding carboxylic acids is 1. The van der Waals surface area contributed by atoms with E-state index in [1.54, 1.807) is 11.8 Å². The van der Waals surface area contributed by atoms with Crippen molar-refractivity contribution in [2.45, 2.75) is 18.2 Å². The van der Waals surface area contributed by atoms with Gasteiger partial charge in [0.25, 0.3) is 0 Å². The van der Waals surface area contributed by atoms with Crippen molar-refractivity contribution in [1.82, 2.24) is 25.5 Å². The first-order valence-electron chi connectivity index (χ1n) is 8.49. The van der Waals surface area contributed by atoms with E-state index in [1.165, 1.54) is 16.6 Å². The molecule has 0 spiro atoms. The molecular weight excluding hydrogens is 346 g/mol. The number of hydrogen-bond donors (Lipinski definition) is 1. The Kier molecular flexibility index (Phi) is 6.78. The zero-order chi connectivity index (χ0) is 18.0. The first-order chi connectivity index (χ1) is 12.8. The summed E-state index contributed by atoms with van der Waals surface area (Å²) in [5, 5.41) is 14.2. The van der Waals surface area contributed by atoms with E-state index in [-0.39, 0.29) is 5.91 Å². The van der Waals surface area contributed by atoms with Gasteiger partial charge < -0.3 is 5.32 Å². The molecule has 1 atom stereocenters. The van der Waals surface area contributed by atoms with Crippen LogP contribution in [0.2, 0.25) is 0 Å². The van der Waals surface area contributed by atoms with E-state index in [4.69, 9.17) is 0 Å². The van der Waals surface area contributed by atoms with Gasteiger partial charge in [0.05, 0.1) is 0 Å². The topological polar surface area (TPSA) is 72.7 Å². The molecule has 3 aromatic rings. The largest absolute Gasteiger partial charge is 0.353 e. The first kappa shape index (κ1) is 18.1. The fourth-order valence-electron chi connectivity index (χ4n) is 2.58. The Morgan fingerprint density at radius 3 is 2.38 bits per heavy atom. The molecule has 0 saturated heterocycles. The maximum atomic E-state index is 12.6. The monoisotopic (exact) mass is 367 g/mol. The van der Waals surface area contributed by atoms with E-state index in [2.05, 4.69) is 33.0 Å². The third kappa shape index (κ3) is 5.42. The first-order valence-corrected chi connectivity index (χ1v) is 9.64. The van der Waals surface area contributed by atoms with E-state index >= 15 is 0 Å². The second-order valence-corrected chi connectivity index (χ2v) is 6.93. The molecule has 0 aliphatic heterocycles. The van der Waals surface area contributed by atoms with Crippen LogP contribution >= 0.6 is 11.8 Å². The van der Waals surface area contributed by atoms with Crippen LogP contribution in [0.1, 0.15) is 17.2 Å². The molecule has 2 aromatic carbocycles. The van der Waals surface area contributed by atoms with Gasteiger partial charge in [0.15, 0.2) is 0 Å². The van der Waals surface area contributed by atoms with Crippen molar-refractivity contribution in [1.29, 1.82) is 0 Å². The van der Waals surface area contributed by atoms with Crippen LogP contribution in [0.15, 0.2) is 67.0 Å². The summed E-state index contributed by atoms with van der Waals surface area (Å²) in [4.78, 5) is 12.6. The van der Waals surface area contributed by atoms with Gasteiger partial charge in [-0.15, -0.1) is 5.10 Å². The van der Waals surface area contributed by atoms with Crippen molar-refractivity contribution in [2.24, 2.45) is 0 Å². The van der Waals surface area contributed by atoms with E-state index in [0.29, 0.717) is 13.0 Å². The van der Waals surface area contributed by atoms with Gasteiger partial charge in [-0.05, 0) is 21.6 Å². The van der Waals surface area contributed by atoms with Crippen LogP contribution in [0, 0.1) is 0 Å². The van der Waals surface area contributed by atoms with Crippen LogP contribution in [0.4, 0.5) is 0 Å². The average Bonchev–Trinajstić information content (AvgIpc) is 3.22. The van der Waals surface area contributed by atoms with Crippen LogP contribution in [0.3, 0.4) is 0 Å². The Morgan fingerprint density at radius 1 is 1.04 bits per heavy atom. The summed E-state index contributed by atoms with van der Waals surface area (Å²) < 4.78 is 1.51. The quantitative estimate of drug-likeness (QED) is 0.588. The SMILES string of the molecule is O=C(NCCSCc1ccccc1)[C@@H](Cc1ccccc1)n1cnnn1. The Bertz CT molecular complexity index is 780. The molecule has 0 fully saturated rings. The summed E-state index contributed by atoms with van der Waals surface area (Å²) in [6.07, 6.45) is 2.03. The molecule has 0 unspecified atom stereocenters. The van der Waals surface area contributed by atoms with Gasteiger partial charge in [-0.2, -0.15) is 11.8 Å². The van der Waals surface area contributed by atoms with Crippen molar-refractivity contribution in [3.63, 3.8) is 0 Å². The number of tetrazole rings is 1. The van der Waals surface area contributed by atoms with Crippen LogP contribution in [-0.2, 0) is 17.0 Å². The van der Waals surface area contributed by atoms with Gasteiger partial charge in [-0.1, -0.05) is 60.7 Å². The molecule has 7 heteroatoms. The molecule has 0 aliphatic rings. The summed E-state index contributed by atoms with van der Waals surface area (Å²) >= 11 is 1.80. The predicted molar refractivity (Wildman–Crippen MR) is 103 cm³/mol. The zero-order valence-corrected chi connectivity index (χ0v) is 15.2. The van der Waals surface area contributed by atoms with Crippen molar-refractivity contribution < 1.29 is 4.79 Å². The highest BCUT2D eigenvalue weighted by Crippen LogP contribution is 2.14. The molecule has 3 rings (SSSR count). The minimum absolute atomic E-state index is 0.0681. The van der Waals surface area contributed by atoms with Gasteiger partial charge in [-0.3, -0.25) is 4.79 Å². The van der Waals surface area contributed by atoms with Gasteiger partial charge >= 0.3 is 0 Å². The van der Waals surface area contributed by atoms with Crippen LogP contribution in [0.5, 0.6) is 0 Å². The molecule has 0 aliphatic carbocycles. The lowest BCUT2D eigenvalue weighted by Crippen LogP contribution is -2.35. The number of amides is 1. The highest BCUT2D eigenvalue weighted by molar-refractivity contribution is 7.98. The van der Waals surface area contributed by atoms with Crippen molar-refractivity contribution in [3.05, 3.63) is 78.1 Å². The predicted octanol–water partition coefficient (Wildman–Crippen LogP) is 2.51. The third-order valence-electron chi connectivity index (χ3n) is 3.92. The molecule has 1 heterocycles. The fourth-order valence-corrected chi connectivity index (χ4v) is 3.40. The summed E-state index contributed by atoms with van der Waals surface area (Å²) in [6.45, 7) is 0.615. The molecule has 1 N–H and O–H groups in total. The number of rotatable bonds is 9. The van der Waals surface area contributed by atoms with E-state index < -0.39 is 6.04 Å². The molecule has 1 aromatic heterocycles. The van der Waals surface area contributed by atoms with E-state index in [9.17, 15) is 4.79 Å². The Hall–Kier alpha value is -2.67. The number of nitrogens with zero attached hydrogens (tertiary/aromatic N) is 4. The van der Waals surface area contributed by atoms with Crippen LogP contribution in [-0.4, -0.2) is 38.4 Å². The standard InChI is InChI=1S/C19H21N5OS/c25-19(20-11-12-26-14-17-9-5-2-6-10-17)18(24-15-21-22-23-24)13-16-7-3-1-4-8-16/h1-10,15,18H,11-14H2,(H,20,25)/t18-/m1/s1. The molecule has 1 amide bonds. The normalized spacial score (nSPS) is 11.8. The number of nitrogens with one attached hydrogen (secondary N) is 1. The number of benzene rings is 2. The third-order valence-corrected chi connectivity index (χ3v) is 4.95. The van der Waals surface area contributed by atoms with Gasteiger partial charge in [-0.25, -0.2) is 4.68 Å². The maximum absolute atomic E-state index is 12.6. The second-order valence-electron chi connectivity index (χ2n) is 5.82. The number of hydrogen-bond acceptors (Lipinski definition) is 5. The summed E-state index contributed by atoms with van der Waals surface area (Å²) in [5.74, 6) is 1.73. The minimum atomic E-state index is -0.452. The average molecular weight is 367 g/mol. The lowest BCUT2D eigenvalue weighted by Gasteiger charge is -2.16. The van der Waals surface area contributed by atoms with Gasteiger partial charge in [0, 0.05) is 24.5 Å². The number of carbonyl (C=O) groups is 1. The lowest BCUT2D eigenvalue weighted by atomic mass is 10.1. The van der Waals surface area contributed by atoms with E-state index in [1.807, 2.05) is 48.5 Å². The molecule has 26 heavy (non-hydrogen) atoms. The molecule has 0 bridgehead atoms. The highest BCUT2D eigenvalue weighted by Gasteiger charge is 2.21. The number of aromatic nitrogens is 4. The molecule has 134 valence electrons. The fraction of sp³-hybridized carbons (Fsp3) is 0.263. The lowest BCUT2D eigenvalue weighted by molar-refractivity contribution is -0.124. The van der Waals surface area contributed by atoms with Crippen LogP contribution in [0.25, 0.3) is 0 Å². The molecule has 0 saturated carbocycles. The smallest absolute Gasteiger partial charge is 0.245 e. The Morgan fingerprint density at radius 2 is 1.73 bits per heavy atom. The van der Waals surface area contributed by atoms with Gasteiger partial charge in [0.2, 0.25) is 5.91 Å². The zero-order valence-electron chi connectivity index (χ0n) is 14.4. The van der Waals surface area contributed by atoms with E-state index in [0.717, 1.165) is 17.1 Å². The Balaban J connectivity index is 1.49. The Labute approximate surface area is 157 Å². The number of thioether (sulfide) groups is 1. The minimum Gasteiger partial charge on any atom is -0.353 e. The summed E-state index contributed by atoms with van der Waals surface area (Å²) in [5.41, 5.74) is 2.36.